The van der Waals surface area contributed by atoms with Crippen LogP contribution in [0, 0.1) is 6.92 Å². The minimum Gasteiger partial charge on any atom is -0.457 e. The van der Waals surface area contributed by atoms with E-state index in [-0.39, 0.29) is 5.91 Å². The Morgan fingerprint density at radius 1 is 1.07 bits per heavy atom. The molecule has 0 unspecified atom stereocenters. The van der Waals surface area contributed by atoms with Gasteiger partial charge in [-0.3, -0.25) is 9.78 Å². The largest absolute Gasteiger partial charge is 0.457 e. The number of benzene rings is 2. The molecule has 0 aliphatic rings. The molecule has 138 valence electrons. The third-order valence-electron chi connectivity index (χ3n) is 3.80. The predicted molar refractivity (Wildman–Crippen MR) is 108 cm³/mol. The molecule has 0 bridgehead atoms. The van der Waals surface area contributed by atoms with Crippen molar-refractivity contribution in [3.05, 3.63) is 82.1 Å². The van der Waals surface area contributed by atoms with Crippen molar-refractivity contribution >= 4 is 27.5 Å². The molecule has 27 heavy (non-hydrogen) atoms. The van der Waals surface area contributed by atoms with Crippen LogP contribution < -0.4 is 10.1 Å². The molecule has 0 fully saturated rings. The van der Waals surface area contributed by atoms with Gasteiger partial charge in [0.15, 0.2) is 0 Å². The van der Waals surface area contributed by atoms with Crippen LogP contribution in [0.1, 0.15) is 21.7 Å². The topological polar surface area (TPSA) is 60.5 Å². The Hall–Kier alpha value is -2.70. The SMILES string of the molecule is COCc1ccc(C(=O)Nc2cccc(Oc3cccc(Br)c3)c2)c(C)n1. The second kappa shape index (κ2) is 8.79. The summed E-state index contributed by atoms with van der Waals surface area (Å²) >= 11 is 3.42. The van der Waals surface area contributed by atoms with Crippen molar-refractivity contribution in [1.82, 2.24) is 4.98 Å². The van der Waals surface area contributed by atoms with Gasteiger partial charge in [-0.1, -0.05) is 28.1 Å². The number of halogens is 1. The zero-order chi connectivity index (χ0) is 19.2. The molecule has 2 aromatic carbocycles. The molecule has 0 aliphatic carbocycles. The van der Waals surface area contributed by atoms with Crippen molar-refractivity contribution in [2.75, 3.05) is 12.4 Å². The number of carbonyl (C=O) groups excluding carboxylic acids is 1. The van der Waals surface area contributed by atoms with Crippen LogP contribution in [0.15, 0.2) is 65.1 Å². The van der Waals surface area contributed by atoms with E-state index >= 15 is 0 Å². The average Bonchev–Trinajstić information content (AvgIpc) is 2.62. The van der Waals surface area contributed by atoms with Crippen LogP contribution in [-0.2, 0) is 11.3 Å². The summed E-state index contributed by atoms with van der Waals surface area (Å²) in [5.74, 6) is 1.13. The Balaban J connectivity index is 1.73. The maximum Gasteiger partial charge on any atom is 0.257 e. The first kappa shape index (κ1) is 19.1. The van der Waals surface area contributed by atoms with Crippen LogP contribution in [0.3, 0.4) is 0 Å². The lowest BCUT2D eigenvalue weighted by Gasteiger charge is -2.11. The number of nitrogens with zero attached hydrogens (tertiary/aromatic N) is 1. The van der Waals surface area contributed by atoms with Crippen molar-refractivity contribution < 1.29 is 14.3 Å². The average molecular weight is 427 g/mol. The fourth-order valence-corrected chi connectivity index (χ4v) is 2.96. The van der Waals surface area contributed by atoms with E-state index < -0.39 is 0 Å². The van der Waals surface area contributed by atoms with E-state index in [0.717, 1.165) is 10.2 Å². The summed E-state index contributed by atoms with van der Waals surface area (Å²) < 4.78 is 11.8. The predicted octanol–water partition coefficient (Wildman–Crippen LogP) is 5.34. The number of amides is 1. The van der Waals surface area contributed by atoms with Crippen LogP contribution in [-0.4, -0.2) is 18.0 Å². The highest BCUT2D eigenvalue weighted by molar-refractivity contribution is 9.10. The Labute approximate surface area is 166 Å². The zero-order valence-electron chi connectivity index (χ0n) is 15.0. The number of ether oxygens (including phenoxy) is 2. The Morgan fingerprint density at radius 3 is 2.52 bits per heavy atom. The highest BCUT2D eigenvalue weighted by Gasteiger charge is 2.12. The Morgan fingerprint density at radius 2 is 1.81 bits per heavy atom. The summed E-state index contributed by atoms with van der Waals surface area (Å²) in [5.41, 5.74) is 2.61. The van der Waals surface area contributed by atoms with Gasteiger partial charge in [-0.15, -0.1) is 0 Å². The quantitative estimate of drug-likeness (QED) is 0.577. The molecule has 3 rings (SSSR count). The molecule has 0 radical (unpaired) electrons. The number of aromatic nitrogens is 1. The lowest BCUT2D eigenvalue weighted by atomic mass is 10.1. The van der Waals surface area contributed by atoms with Crippen molar-refractivity contribution in [3.8, 4) is 11.5 Å². The maximum atomic E-state index is 12.6. The molecule has 0 atom stereocenters. The number of hydrogen-bond donors (Lipinski definition) is 1. The lowest BCUT2D eigenvalue weighted by Crippen LogP contribution is -2.14. The van der Waals surface area contributed by atoms with E-state index in [4.69, 9.17) is 9.47 Å². The van der Waals surface area contributed by atoms with Crippen molar-refractivity contribution in [3.63, 3.8) is 0 Å². The van der Waals surface area contributed by atoms with Gasteiger partial charge in [-0.25, -0.2) is 0 Å². The molecular formula is C21H19BrN2O3. The summed E-state index contributed by atoms with van der Waals surface area (Å²) in [6, 6.07) is 18.4. The molecule has 6 heteroatoms. The number of anilines is 1. The Kier molecular flexibility index (Phi) is 6.21. The third-order valence-corrected chi connectivity index (χ3v) is 4.30. The summed E-state index contributed by atoms with van der Waals surface area (Å²) in [7, 11) is 1.61. The van der Waals surface area contributed by atoms with Gasteiger partial charge in [0.1, 0.15) is 11.5 Å². The van der Waals surface area contributed by atoms with Crippen molar-refractivity contribution in [1.29, 1.82) is 0 Å². The highest BCUT2D eigenvalue weighted by Crippen LogP contribution is 2.26. The second-order valence-corrected chi connectivity index (χ2v) is 6.83. The van der Waals surface area contributed by atoms with E-state index in [1.54, 1.807) is 32.2 Å². The number of pyridine rings is 1. The van der Waals surface area contributed by atoms with E-state index in [9.17, 15) is 4.79 Å². The van der Waals surface area contributed by atoms with E-state index in [1.165, 1.54) is 0 Å². The number of hydrogen-bond acceptors (Lipinski definition) is 4. The molecule has 5 nitrogen and oxygen atoms in total. The van der Waals surface area contributed by atoms with E-state index in [1.807, 2.05) is 42.5 Å². The summed E-state index contributed by atoms with van der Waals surface area (Å²) in [6.07, 6.45) is 0. The molecule has 0 saturated carbocycles. The second-order valence-electron chi connectivity index (χ2n) is 5.91. The number of nitrogens with one attached hydrogen (secondary N) is 1. The lowest BCUT2D eigenvalue weighted by molar-refractivity contribution is 0.102. The van der Waals surface area contributed by atoms with Crippen molar-refractivity contribution in [2.24, 2.45) is 0 Å². The molecule has 1 amide bonds. The van der Waals surface area contributed by atoms with Gasteiger partial charge in [0, 0.05) is 23.3 Å². The first-order valence-corrected chi connectivity index (χ1v) is 9.15. The van der Waals surface area contributed by atoms with E-state index in [2.05, 4.69) is 26.2 Å². The number of aryl methyl sites for hydroxylation is 1. The minimum absolute atomic E-state index is 0.219. The van der Waals surface area contributed by atoms with Gasteiger partial charge in [0.05, 0.1) is 23.6 Å². The van der Waals surface area contributed by atoms with Crippen LogP contribution >= 0.6 is 15.9 Å². The number of rotatable bonds is 6. The summed E-state index contributed by atoms with van der Waals surface area (Å²) in [6.45, 7) is 2.22. The van der Waals surface area contributed by atoms with Crippen LogP contribution in [0.25, 0.3) is 0 Å². The Bertz CT molecular complexity index is 960. The molecule has 1 N–H and O–H groups in total. The number of carbonyl (C=O) groups is 1. The summed E-state index contributed by atoms with van der Waals surface area (Å²) in [5, 5.41) is 2.89. The number of methoxy groups -OCH3 is 1. The van der Waals surface area contributed by atoms with Gasteiger partial charge < -0.3 is 14.8 Å². The van der Waals surface area contributed by atoms with Crippen molar-refractivity contribution in [2.45, 2.75) is 13.5 Å². The molecule has 1 heterocycles. The molecular weight excluding hydrogens is 408 g/mol. The maximum absolute atomic E-state index is 12.6. The molecule has 3 aromatic rings. The monoisotopic (exact) mass is 426 g/mol. The fourth-order valence-electron chi connectivity index (χ4n) is 2.58. The van der Waals surface area contributed by atoms with Gasteiger partial charge in [-0.05, 0) is 49.4 Å². The first-order valence-electron chi connectivity index (χ1n) is 8.35. The van der Waals surface area contributed by atoms with Crippen LogP contribution in [0.4, 0.5) is 5.69 Å². The van der Waals surface area contributed by atoms with Gasteiger partial charge in [0.2, 0.25) is 0 Å². The molecule has 0 aliphatic heterocycles. The van der Waals surface area contributed by atoms with Gasteiger partial charge in [0.25, 0.3) is 5.91 Å². The third kappa shape index (κ3) is 5.15. The smallest absolute Gasteiger partial charge is 0.257 e. The van der Waals surface area contributed by atoms with E-state index in [0.29, 0.717) is 35.1 Å². The standard InChI is InChI=1S/C21H19BrN2O3/c1-14-20(10-9-17(23-14)13-26-2)21(25)24-16-6-4-8-19(12-16)27-18-7-3-5-15(22)11-18/h3-12H,13H2,1-2H3,(H,24,25). The molecule has 0 spiro atoms. The highest BCUT2D eigenvalue weighted by atomic mass is 79.9. The van der Waals surface area contributed by atoms with Gasteiger partial charge in [-0.2, -0.15) is 0 Å². The van der Waals surface area contributed by atoms with Crippen LogP contribution in [0.2, 0.25) is 0 Å². The fraction of sp³-hybridized carbons (Fsp3) is 0.143. The first-order chi connectivity index (χ1) is 13.0. The minimum atomic E-state index is -0.219. The van der Waals surface area contributed by atoms with Gasteiger partial charge >= 0.3 is 0 Å². The zero-order valence-corrected chi connectivity index (χ0v) is 16.6. The molecule has 0 saturated heterocycles. The van der Waals surface area contributed by atoms with Crippen LogP contribution in [0.5, 0.6) is 11.5 Å². The normalized spacial score (nSPS) is 10.5. The molecule has 1 aromatic heterocycles. The summed E-state index contributed by atoms with van der Waals surface area (Å²) in [4.78, 5) is 17.0.